The fraction of sp³-hybridized carbons (Fsp3) is 0.500. The average molecular weight is 311 g/mol. The molecule has 0 amide bonds. The maximum atomic E-state index is 12.3. The van der Waals surface area contributed by atoms with Gasteiger partial charge in [-0.15, -0.1) is 0 Å². The highest BCUT2D eigenvalue weighted by Gasteiger charge is 2.17. The highest BCUT2D eigenvalue weighted by atomic mass is 32.2. The number of hydrogen-bond acceptors (Lipinski definition) is 5. The molecule has 0 aromatic heterocycles. The molecule has 0 aliphatic carbocycles. The van der Waals surface area contributed by atoms with E-state index in [9.17, 15) is 8.42 Å². The first-order valence-electron chi connectivity index (χ1n) is 6.96. The summed E-state index contributed by atoms with van der Waals surface area (Å²) in [7, 11) is -3.31. The van der Waals surface area contributed by atoms with Gasteiger partial charge in [0.25, 0.3) is 0 Å². The lowest BCUT2D eigenvalue weighted by molar-refractivity contribution is 0.142. The number of rotatable bonds is 5. The van der Waals surface area contributed by atoms with Gasteiger partial charge in [0.05, 0.1) is 17.3 Å². The summed E-state index contributed by atoms with van der Waals surface area (Å²) in [5, 5.41) is 7.31. The molecule has 1 aromatic carbocycles. The first-order chi connectivity index (χ1) is 9.99. The van der Waals surface area contributed by atoms with Gasteiger partial charge in [-0.2, -0.15) is 0 Å². The van der Waals surface area contributed by atoms with Crippen LogP contribution in [0.15, 0.2) is 29.2 Å². The van der Waals surface area contributed by atoms with Gasteiger partial charge in [0.15, 0.2) is 9.84 Å². The van der Waals surface area contributed by atoms with Crippen molar-refractivity contribution in [2.45, 2.75) is 11.3 Å². The molecule has 0 atom stereocenters. The zero-order chi connectivity index (χ0) is 15.3. The zero-order valence-corrected chi connectivity index (χ0v) is 12.7. The lowest BCUT2D eigenvalue weighted by atomic mass is 10.2. The van der Waals surface area contributed by atoms with E-state index in [1.165, 1.54) is 12.1 Å². The van der Waals surface area contributed by atoms with Gasteiger partial charge < -0.3 is 10.5 Å². The van der Waals surface area contributed by atoms with Crippen molar-refractivity contribution >= 4 is 15.7 Å². The maximum Gasteiger partial charge on any atom is 0.179 e. The number of ether oxygens (including phenoxy) is 1. The van der Waals surface area contributed by atoms with Crippen LogP contribution in [-0.4, -0.2) is 57.8 Å². The Labute approximate surface area is 125 Å². The van der Waals surface area contributed by atoms with Crippen LogP contribution in [0, 0.1) is 5.41 Å². The third-order valence-corrected chi connectivity index (χ3v) is 5.23. The van der Waals surface area contributed by atoms with Crippen LogP contribution >= 0.6 is 0 Å². The molecule has 0 saturated carbocycles. The number of hydrogen-bond donors (Lipinski definition) is 2. The smallest absolute Gasteiger partial charge is 0.179 e. The fourth-order valence-electron chi connectivity index (χ4n) is 2.23. The molecule has 0 bridgehead atoms. The zero-order valence-electron chi connectivity index (χ0n) is 11.9. The molecule has 1 heterocycles. The first-order valence-corrected chi connectivity index (χ1v) is 8.61. The van der Waals surface area contributed by atoms with E-state index < -0.39 is 9.84 Å². The van der Waals surface area contributed by atoms with Gasteiger partial charge >= 0.3 is 0 Å². The van der Waals surface area contributed by atoms with Gasteiger partial charge in [-0.25, -0.2) is 8.42 Å². The van der Waals surface area contributed by atoms with E-state index in [0.29, 0.717) is 18.7 Å². The Morgan fingerprint density at radius 3 is 2.62 bits per heavy atom. The summed E-state index contributed by atoms with van der Waals surface area (Å²) >= 11 is 0. The number of benzene rings is 1. The van der Waals surface area contributed by atoms with Crippen molar-refractivity contribution in [3.63, 3.8) is 0 Å². The molecule has 1 saturated heterocycles. The quantitative estimate of drug-likeness (QED) is 0.608. The van der Waals surface area contributed by atoms with Crippen LogP contribution in [0.1, 0.15) is 12.0 Å². The SMILES string of the molecule is N=C(N)c1ccc(S(=O)(=O)CCN2CCCOCC2)cc1. The van der Waals surface area contributed by atoms with Crippen molar-refractivity contribution in [2.24, 2.45) is 5.73 Å². The van der Waals surface area contributed by atoms with E-state index in [1.54, 1.807) is 12.1 Å². The van der Waals surface area contributed by atoms with Crippen molar-refractivity contribution in [1.82, 2.24) is 4.90 Å². The normalized spacial score (nSPS) is 17.3. The van der Waals surface area contributed by atoms with Gasteiger partial charge in [-0.1, -0.05) is 12.1 Å². The van der Waals surface area contributed by atoms with E-state index >= 15 is 0 Å². The van der Waals surface area contributed by atoms with Crippen LogP contribution in [0.5, 0.6) is 0 Å². The van der Waals surface area contributed by atoms with Crippen LogP contribution in [0.25, 0.3) is 0 Å². The standard InChI is InChI=1S/C14H21N3O3S/c15-14(16)12-2-4-13(5-3-12)21(18,19)11-8-17-6-1-9-20-10-7-17/h2-5H,1,6-11H2,(H3,15,16). The fourth-order valence-corrected chi connectivity index (χ4v) is 3.52. The van der Waals surface area contributed by atoms with Gasteiger partial charge in [0, 0.05) is 31.8 Å². The molecule has 1 aliphatic heterocycles. The Balaban J connectivity index is 1.98. The summed E-state index contributed by atoms with van der Waals surface area (Å²) in [4.78, 5) is 2.40. The van der Waals surface area contributed by atoms with E-state index in [4.69, 9.17) is 15.9 Å². The summed E-state index contributed by atoms with van der Waals surface area (Å²) in [6, 6.07) is 6.15. The van der Waals surface area contributed by atoms with Crippen LogP contribution in [0.2, 0.25) is 0 Å². The van der Waals surface area contributed by atoms with E-state index in [1.807, 2.05) is 0 Å². The van der Waals surface area contributed by atoms with Gasteiger partial charge in [-0.3, -0.25) is 10.3 Å². The monoisotopic (exact) mass is 311 g/mol. The third-order valence-electron chi connectivity index (χ3n) is 3.52. The highest BCUT2D eigenvalue weighted by molar-refractivity contribution is 7.91. The summed E-state index contributed by atoms with van der Waals surface area (Å²) in [5.74, 6) is 0.0235. The Hall–Kier alpha value is -1.44. The predicted molar refractivity (Wildman–Crippen MR) is 81.4 cm³/mol. The number of amidine groups is 1. The van der Waals surface area contributed by atoms with Crippen LogP contribution in [-0.2, 0) is 14.6 Å². The van der Waals surface area contributed by atoms with Crippen LogP contribution in [0.4, 0.5) is 0 Å². The average Bonchev–Trinajstić information content (AvgIpc) is 2.74. The van der Waals surface area contributed by atoms with Crippen molar-refractivity contribution < 1.29 is 13.2 Å². The molecule has 2 rings (SSSR count). The highest BCUT2D eigenvalue weighted by Crippen LogP contribution is 2.13. The molecule has 116 valence electrons. The molecule has 0 radical (unpaired) electrons. The third kappa shape index (κ3) is 4.52. The van der Waals surface area contributed by atoms with Crippen molar-refractivity contribution in [2.75, 3.05) is 38.6 Å². The van der Waals surface area contributed by atoms with Gasteiger partial charge in [0.2, 0.25) is 0 Å². The van der Waals surface area contributed by atoms with Gasteiger partial charge in [0.1, 0.15) is 5.84 Å². The molecule has 7 heteroatoms. The minimum atomic E-state index is -3.31. The van der Waals surface area contributed by atoms with Crippen molar-refractivity contribution in [1.29, 1.82) is 5.41 Å². The maximum absolute atomic E-state index is 12.3. The Bertz CT molecular complexity index is 576. The molecule has 0 spiro atoms. The Morgan fingerprint density at radius 1 is 1.24 bits per heavy atom. The Morgan fingerprint density at radius 2 is 1.95 bits per heavy atom. The molecular formula is C14H21N3O3S. The summed E-state index contributed by atoms with van der Waals surface area (Å²) < 4.78 is 30.0. The molecule has 1 aromatic rings. The number of nitrogens with zero attached hydrogens (tertiary/aromatic N) is 1. The predicted octanol–water partition coefficient (Wildman–Crippen LogP) is 0.467. The number of nitrogens with two attached hydrogens (primary N) is 1. The molecule has 1 fully saturated rings. The first kappa shape index (κ1) is 15.9. The lowest BCUT2D eigenvalue weighted by Crippen LogP contribution is -2.31. The minimum Gasteiger partial charge on any atom is -0.384 e. The van der Waals surface area contributed by atoms with Gasteiger partial charge in [-0.05, 0) is 18.6 Å². The van der Waals surface area contributed by atoms with E-state index in [0.717, 1.165) is 26.1 Å². The molecule has 6 nitrogen and oxygen atoms in total. The number of nitrogen functional groups attached to an aromatic ring is 1. The molecule has 0 unspecified atom stereocenters. The van der Waals surface area contributed by atoms with Crippen LogP contribution in [0.3, 0.4) is 0 Å². The number of nitrogens with one attached hydrogen (secondary N) is 1. The molecule has 3 N–H and O–H groups in total. The second-order valence-electron chi connectivity index (χ2n) is 5.06. The van der Waals surface area contributed by atoms with Crippen molar-refractivity contribution in [3.8, 4) is 0 Å². The topological polar surface area (TPSA) is 96.5 Å². The Kier molecular flexibility index (Phi) is 5.33. The largest absolute Gasteiger partial charge is 0.384 e. The molecule has 21 heavy (non-hydrogen) atoms. The second-order valence-corrected chi connectivity index (χ2v) is 7.17. The van der Waals surface area contributed by atoms with Crippen LogP contribution < -0.4 is 5.73 Å². The van der Waals surface area contributed by atoms with Crippen molar-refractivity contribution in [3.05, 3.63) is 29.8 Å². The summed E-state index contributed by atoms with van der Waals surface area (Å²) in [6.45, 7) is 3.57. The molecular weight excluding hydrogens is 290 g/mol. The summed E-state index contributed by atoms with van der Waals surface area (Å²) in [5.41, 5.74) is 5.89. The van der Waals surface area contributed by atoms with E-state index in [-0.39, 0.29) is 16.5 Å². The minimum absolute atomic E-state index is 0.0662. The van der Waals surface area contributed by atoms with E-state index in [2.05, 4.69) is 4.90 Å². The summed E-state index contributed by atoms with van der Waals surface area (Å²) in [6.07, 6.45) is 0.938. The second kappa shape index (κ2) is 7.02. The molecule has 1 aliphatic rings. The lowest BCUT2D eigenvalue weighted by Gasteiger charge is -2.18. The number of sulfone groups is 1.